The van der Waals surface area contributed by atoms with Crippen LogP contribution in [0, 0.1) is 6.92 Å². The van der Waals surface area contributed by atoms with Gasteiger partial charge in [0.25, 0.3) is 0 Å². The van der Waals surface area contributed by atoms with Gasteiger partial charge in [0.2, 0.25) is 5.91 Å². The van der Waals surface area contributed by atoms with Gasteiger partial charge in [0.05, 0.1) is 11.2 Å². The van der Waals surface area contributed by atoms with E-state index in [2.05, 4.69) is 17.2 Å². The van der Waals surface area contributed by atoms with Gasteiger partial charge in [-0.1, -0.05) is 31.5 Å². The molecule has 106 valence electrons. The number of unbranched alkanes of at least 4 members (excludes halogenated alkanes) is 1. The van der Waals surface area contributed by atoms with E-state index < -0.39 is 0 Å². The van der Waals surface area contributed by atoms with Gasteiger partial charge in [-0.15, -0.1) is 0 Å². The third-order valence-electron chi connectivity index (χ3n) is 2.99. The Morgan fingerprint density at radius 3 is 2.95 bits per heavy atom. The molecule has 1 heterocycles. The lowest BCUT2D eigenvalue weighted by Gasteiger charge is -2.10. The molecule has 0 aliphatic carbocycles. The van der Waals surface area contributed by atoms with Crippen molar-refractivity contribution in [2.75, 3.05) is 18.5 Å². The number of aryl methyl sites for hydroxylation is 1. The fraction of sp³-hybridized carbons (Fsp3) is 0.375. The number of carbonyl (C=O) groups is 1. The average molecular weight is 272 g/mol. The molecule has 0 radical (unpaired) electrons. The summed E-state index contributed by atoms with van der Waals surface area (Å²) < 4.78 is 5.32. The van der Waals surface area contributed by atoms with Crippen LogP contribution in [-0.2, 0) is 9.53 Å². The maximum Gasteiger partial charge on any atom is 0.250 e. The molecule has 4 heteroatoms. The van der Waals surface area contributed by atoms with Gasteiger partial charge in [-0.2, -0.15) is 0 Å². The van der Waals surface area contributed by atoms with Crippen molar-refractivity contribution in [2.24, 2.45) is 0 Å². The molecule has 0 aliphatic heterocycles. The Balaban J connectivity index is 2.07. The lowest BCUT2D eigenvalue weighted by molar-refractivity contribution is -0.120. The Morgan fingerprint density at radius 1 is 1.35 bits per heavy atom. The second-order valence-corrected chi connectivity index (χ2v) is 4.78. The van der Waals surface area contributed by atoms with Gasteiger partial charge < -0.3 is 10.1 Å². The summed E-state index contributed by atoms with van der Waals surface area (Å²) in [5, 5.41) is 3.84. The highest BCUT2D eigenvalue weighted by atomic mass is 16.5. The maximum absolute atomic E-state index is 11.9. The molecule has 0 saturated heterocycles. The van der Waals surface area contributed by atoms with Gasteiger partial charge in [0, 0.05) is 17.7 Å². The summed E-state index contributed by atoms with van der Waals surface area (Å²) >= 11 is 0. The van der Waals surface area contributed by atoms with Crippen molar-refractivity contribution in [1.29, 1.82) is 0 Å². The van der Waals surface area contributed by atoms with Crippen molar-refractivity contribution in [3.8, 4) is 0 Å². The minimum Gasteiger partial charge on any atom is -0.372 e. The van der Waals surface area contributed by atoms with Crippen LogP contribution in [0.1, 0.15) is 25.5 Å². The van der Waals surface area contributed by atoms with Gasteiger partial charge in [-0.3, -0.25) is 9.78 Å². The molecule has 2 aromatic rings. The van der Waals surface area contributed by atoms with Crippen LogP contribution < -0.4 is 5.32 Å². The second-order valence-electron chi connectivity index (χ2n) is 4.78. The number of fused-ring (bicyclic) bond motifs is 1. The number of benzene rings is 1. The van der Waals surface area contributed by atoms with E-state index in [1.54, 1.807) is 0 Å². The number of hydrogen-bond acceptors (Lipinski definition) is 3. The SMILES string of the molecule is CCCCOCC(=O)Nc1cc(C)nc2ccccc12. The molecular formula is C16H20N2O2. The predicted molar refractivity (Wildman–Crippen MR) is 80.8 cm³/mol. The number of hydrogen-bond donors (Lipinski definition) is 1. The van der Waals surface area contributed by atoms with E-state index in [4.69, 9.17) is 4.74 Å². The standard InChI is InChI=1S/C16H20N2O2/c1-3-4-9-20-11-16(19)18-15-10-12(2)17-14-8-6-5-7-13(14)15/h5-8,10H,3-4,9,11H2,1-2H3,(H,17,18,19). The summed E-state index contributed by atoms with van der Waals surface area (Å²) in [4.78, 5) is 16.3. The van der Waals surface area contributed by atoms with E-state index in [1.807, 2.05) is 37.3 Å². The average Bonchev–Trinajstić information content (AvgIpc) is 2.43. The number of ether oxygens (including phenoxy) is 1. The van der Waals surface area contributed by atoms with Crippen molar-refractivity contribution in [2.45, 2.75) is 26.7 Å². The topological polar surface area (TPSA) is 51.2 Å². The number of carbonyl (C=O) groups excluding carboxylic acids is 1. The maximum atomic E-state index is 11.9. The molecule has 0 fully saturated rings. The van der Waals surface area contributed by atoms with Crippen LogP contribution in [-0.4, -0.2) is 24.1 Å². The fourth-order valence-electron chi connectivity index (χ4n) is 2.01. The molecule has 4 nitrogen and oxygen atoms in total. The highest BCUT2D eigenvalue weighted by molar-refractivity contribution is 6.01. The van der Waals surface area contributed by atoms with Crippen LogP contribution in [0.3, 0.4) is 0 Å². The Morgan fingerprint density at radius 2 is 2.15 bits per heavy atom. The van der Waals surface area contributed by atoms with E-state index in [1.165, 1.54) is 0 Å². The van der Waals surface area contributed by atoms with E-state index in [0.717, 1.165) is 35.1 Å². The number of amides is 1. The third kappa shape index (κ3) is 3.78. The van der Waals surface area contributed by atoms with Crippen LogP contribution in [0.4, 0.5) is 5.69 Å². The fourth-order valence-corrected chi connectivity index (χ4v) is 2.01. The van der Waals surface area contributed by atoms with E-state index in [9.17, 15) is 4.79 Å². The van der Waals surface area contributed by atoms with Gasteiger partial charge >= 0.3 is 0 Å². The first kappa shape index (κ1) is 14.5. The molecule has 1 aromatic heterocycles. The molecule has 0 bridgehead atoms. The minimum atomic E-state index is -0.128. The zero-order valence-corrected chi connectivity index (χ0v) is 12.0. The molecule has 1 amide bonds. The number of anilines is 1. The summed E-state index contributed by atoms with van der Waals surface area (Å²) in [5.41, 5.74) is 2.55. The van der Waals surface area contributed by atoms with E-state index >= 15 is 0 Å². The van der Waals surface area contributed by atoms with Crippen molar-refractivity contribution in [3.05, 3.63) is 36.0 Å². The van der Waals surface area contributed by atoms with E-state index in [-0.39, 0.29) is 12.5 Å². The van der Waals surface area contributed by atoms with Crippen LogP contribution in [0.2, 0.25) is 0 Å². The zero-order chi connectivity index (χ0) is 14.4. The quantitative estimate of drug-likeness (QED) is 0.821. The minimum absolute atomic E-state index is 0.0930. The highest BCUT2D eigenvalue weighted by Crippen LogP contribution is 2.22. The molecule has 20 heavy (non-hydrogen) atoms. The molecule has 0 aliphatic rings. The number of nitrogens with zero attached hydrogens (tertiary/aromatic N) is 1. The Hall–Kier alpha value is -1.94. The zero-order valence-electron chi connectivity index (χ0n) is 12.0. The van der Waals surface area contributed by atoms with Crippen molar-refractivity contribution in [1.82, 2.24) is 4.98 Å². The summed E-state index contributed by atoms with van der Waals surface area (Å²) in [6.45, 7) is 4.73. The van der Waals surface area contributed by atoms with Gasteiger partial charge in [-0.05, 0) is 25.5 Å². The highest BCUT2D eigenvalue weighted by Gasteiger charge is 2.07. The first-order chi connectivity index (χ1) is 9.70. The molecule has 0 saturated carbocycles. The second kappa shape index (κ2) is 7.01. The number of rotatable bonds is 6. The number of nitrogens with one attached hydrogen (secondary N) is 1. The summed E-state index contributed by atoms with van der Waals surface area (Å²) in [6, 6.07) is 9.65. The number of para-hydroxylation sites is 1. The molecular weight excluding hydrogens is 252 g/mol. The molecule has 0 atom stereocenters. The van der Waals surface area contributed by atoms with Crippen molar-refractivity contribution >= 4 is 22.5 Å². The molecule has 0 spiro atoms. The normalized spacial score (nSPS) is 10.7. The lowest BCUT2D eigenvalue weighted by Crippen LogP contribution is -2.19. The van der Waals surface area contributed by atoms with Crippen LogP contribution >= 0.6 is 0 Å². The van der Waals surface area contributed by atoms with Crippen LogP contribution in [0.5, 0.6) is 0 Å². The molecule has 1 aromatic carbocycles. The van der Waals surface area contributed by atoms with Crippen molar-refractivity contribution in [3.63, 3.8) is 0 Å². The smallest absolute Gasteiger partial charge is 0.250 e. The Labute approximate surface area is 119 Å². The first-order valence-corrected chi connectivity index (χ1v) is 6.94. The summed E-state index contributed by atoms with van der Waals surface area (Å²) in [7, 11) is 0. The first-order valence-electron chi connectivity index (χ1n) is 6.94. The predicted octanol–water partition coefficient (Wildman–Crippen LogP) is 3.30. The van der Waals surface area contributed by atoms with Gasteiger partial charge in [0.15, 0.2) is 0 Å². The molecule has 0 unspecified atom stereocenters. The molecule has 1 N–H and O–H groups in total. The summed E-state index contributed by atoms with van der Waals surface area (Å²) in [5.74, 6) is -0.128. The van der Waals surface area contributed by atoms with Crippen LogP contribution in [0.25, 0.3) is 10.9 Å². The molecule has 2 rings (SSSR count). The number of pyridine rings is 1. The van der Waals surface area contributed by atoms with Crippen LogP contribution in [0.15, 0.2) is 30.3 Å². The Bertz CT molecular complexity index is 596. The Kier molecular flexibility index (Phi) is 5.07. The third-order valence-corrected chi connectivity index (χ3v) is 2.99. The van der Waals surface area contributed by atoms with E-state index in [0.29, 0.717) is 6.61 Å². The van der Waals surface area contributed by atoms with Gasteiger partial charge in [0.1, 0.15) is 6.61 Å². The summed E-state index contributed by atoms with van der Waals surface area (Å²) in [6.07, 6.45) is 2.04. The monoisotopic (exact) mass is 272 g/mol. The van der Waals surface area contributed by atoms with Crippen molar-refractivity contribution < 1.29 is 9.53 Å². The largest absolute Gasteiger partial charge is 0.372 e. The lowest BCUT2D eigenvalue weighted by atomic mass is 10.1. The number of aromatic nitrogens is 1. The van der Waals surface area contributed by atoms with Gasteiger partial charge in [-0.25, -0.2) is 0 Å².